The fraction of sp³-hybridized carbons (Fsp3) is 0.154. The first kappa shape index (κ1) is 12.9. The van der Waals surface area contributed by atoms with Crippen LogP contribution in [0.2, 0.25) is 0 Å². The lowest BCUT2D eigenvalue weighted by Crippen LogP contribution is -2.24. The number of amides is 1. The van der Waals surface area contributed by atoms with E-state index >= 15 is 0 Å². The highest BCUT2D eigenvalue weighted by molar-refractivity contribution is 5.94. The van der Waals surface area contributed by atoms with Gasteiger partial charge in [0, 0.05) is 25.0 Å². The minimum atomic E-state index is -0.784. The average Bonchev–Trinajstić information content (AvgIpc) is 2.46. The zero-order valence-corrected chi connectivity index (χ0v) is 10.3. The third-order valence-electron chi connectivity index (χ3n) is 2.46. The van der Waals surface area contributed by atoms with Crippen molar-refractivity contribution in [3.63, 3.8) is 0 Å². The van der Waals surface area contributed by atoms with Crippen molar-refractivity contribution in [1.82, 2.24) is 15.3 Å². The maximum Gasteiger partial charge on any atom is 0.256 e. The summed E-state index contributed by atoms with van der Waals surface area (Å²) in [6, 6.07) is 6.34. The van der Waals surface area contributed by atoms with Crippen LogP contribution in [0.5, 0.6) is 5.88 Å². The number of pyridine rings is 2. The Labute approximate surface area is 109 Å². The molecule has 1 N–H and O–H groups in total. The lowest BCUT2D eigenvalue weighted by Gasteiger charge is -2.06. The second-order valence-corrected chi connectivity index (χ2v) is 3.73. The SMILES string of the molecule is COc1ccc(CNC(=O)c2cccnc2F)cn1. The van der Waals surface area contributed by atoms with Crippen molar-refractivity contribution >= 4 is 5.91 Å². The summed E-state index contributed by atoms with van der Waals surface area (Å²) < 4.78 is 18.2. The van der Waals surface area contributed by atoms with Crippen molar-refractivity contribution in [2.75, 3.05) is 7.11 Å². The van der Waals surface area contributed by atoms with Gasteiger partial charge in [0.1, 0.15) is 0 Å². The summed E-state index contributed by atoms with van der Waals surface area (Å²) in [6.45, 7) is 0.254. The van der Waals surface area contributed by atoms with E-state index in [1.54, 1.807) is 18.3 Å². The number of rotatable bonds is 4. The fourth-order valence-corrected chi connectivity index (χ4v) is 1.47. The summed E-state index contributed by atoms with van der Waals surface area (Å²) in [5.74, 6) is -0.803. The van der Waals surface area contributed by atoms with Gasteiger partial charge in [-0.1, -0.05) is 6.07 Å². The molecule has 2 aromatic heterocycles. The van der Waals surface area contributed by atoms with Gasteiger partial charge in [-0.25, -0.2) is 9.97 Å². The van der Waals surface area contributed by atoms with Crippen molar-refractivity contribution < 1.29 is 13.9 Å². The van der Waals surface area contributed by atoms with Crippen LogP contribution in [0.3, 0.4) is 0 Å². The molecule has 0 unspecified atom stereocenters. The molecular formula is C13H12FN3O2. The van der Waals surface area contributed by atoms with Crippen molar-refractivity contribution in [3.05, 3.63) is 53.7 Å². The van der Waals surface area contributed by atoms with Crippen LogP contribution in [0.4, 0.5) is 4.39 Å². The summed E-state index contributed by atoms with van der Waals surface area (Å²) in [4.78, 5) is 19.2. The first-order valence-corrected chi connectivity index (χ1v) is 5.58. The third kappa shape index (κ3) is 3.25. The van der Waals surface area contributed by atoms with Crippen molar-refractivity contribution in [2.45, 2.75) is 6.54 Å². The largest absolute Gasteiger partial charge is 0.481 e. The van der Waals surface area contributed by atoms with Gasteiger partial charge in [0.05, 0.1) is 12.7 Å². The Balaban J connectivity index is 1.98. The first-order valence-electron chi connectivity index (χ1n) is 5.58. The van der Waals surface area contributed by atoms with Gasteiger partial charge in [-0.2, -0.15) is 4.39 Å². The molecule has 0 aliphatic carbocycles. The zero-order chi connectivity index (χ0) is 13.7. The van der Waals surface area contributed by atoms with Crippen molar-refractivity contribution in [3.8, 4) is 5.88 Å². The Hall–Kier alpha value is -2.50. The maximum atomic E-state index is 13.3. The van der Waals surface area contributed by atoms with Gasteiger partial charge in [0.25, 0.3) is 5.91 Å². The van der Waals surface area contributed by atoms with E-state index in [-0.39, 0.29) is 12.1 Å². The minimum Gasteiger partial charge on any atom is -0.481 e. The van der Waals surface area contributed by atoms with Crippen LogP contribution in [-0.2, 0) is 6.54 Å². The van der Waals surface area contributed by atoms with E-state index in [1.165, 1.54) is 25.4 Å². The number of carbonyl (C=O) groups excluding carboxylic acids is 1. The Kier molecular flexibility index (Phi) is 4.02. The van der Waals surface area contributed by atoms with Gasteiger partial charge in [0.2, 0.25) is 11.8 Å². The van der Waals surface area contributed by atoms with Crippen LogP contribution in [-0.4, -0.2) is 23.0 Å². The molecule has 6 heteroatoms. The molecule has 0 saturated carbocycles. The lowest BCUT2D eigenvalue weighted by atomic mass is 10.2. The first-order chi connectivity index (χ1) is 9.20. The molecule has 2 aromatic rings. The Morgan fingerprint density at radius 1 is 1.37 bits per heavy atom. The highest BCUT2D eigenvalue weighted by Gasteiger charge is 2.11. The topological polar surface area (TPSA) is 64.1 Å². The molecule has 0 atom stereocenters. The van der Waals surface area contributed by atoms with Crippen LogP contribution in [0.15, 0.2) is 36.7 Å². The molecule has 0 aromatic carbocycles. The van der Waals surface area contributed by atoms with Crippen LogP contribution in [0.25, 0.3) is 0 Å². The molecule has 2 rings (SSSR count). The number of hydrogen-bond acceptors (Lipinski definition) is 4. The predicted octanol–water partition coefficient (Wildman–Crippen LogP) is 1.55. The number of nitrogens with zero attached hydrogens (tertiary/aromatic N) is 2. The molecule has 0 bridgehead atoms. The highest BCUT2D eigenvalue weighted by Crippen LogP contribution is 2.07. The van der Waals surface area contributed by atoms with Crippen molar-refractivity contribution in [1.29, 1.82) is 0 Å². The van der Waals surface area contributed by atoms with Gasteiger partial charge in [-0.15, -0.1) is 0 Å². The summed E-state index contributed by atoms with van der Waals surface area (Å²) in [6.07, 6.45) is 2.87. The van der Waals surface area contributed by atoms with Gasteiger partial charge < -0.3 is 10.1 Å². The van der Waals surface area contributed by atoms with E-state index in [2.05, 4.69) is 15.3 Å². The molecule has 19 heavy (non-hydrogen) atoms. The number of nitrogens with one attached hydrogen (secondary N) is 1. The monoisotopic (exact) mass is 261 g/mol. The number of ether oxygens (including phenoxy) is 1. The quantitative estimate of drug-likeness (QED) is 0.848. The maximum absolute atomic E-state index is 13.3. The number of aromatic nitrogens is 2. The molecule has 1 amide bonds. The minimum absolute atomic E-state index is 0.0797. The summed E-state index contributed by atoms with van der Waals surface area (Å²) >= 11 is 0. The molecule has 5 nitrogen and oxygen atoms in total. The second kappa shape index (κ2) is 5.90. The molecule has 0 aliphatic rings. The van der Waals surface area contributed by atoms with Crippen LogP contribution < -0.4 is 10.1 Å². The van der Waals surface area contributed by atoms with E-state index in [1.807, 2.05) is 0 Å². The van der Waals surface area contributed by atoms with Gasteiger partial charge in [0.15, 0.2) is 0 Å². The Bertz CT molecular complexity index is 572. The van der Waals surface area contributed by atoms with E-state index < -0.39 is 11.9 Å². The number of methoxy groups -OCH3 is 1. The standard InChI is InChI=1S/C13H12FN3O2/c1-19-11-5-4-9(7-16-11)8-17-13(18)10-3-2-6-15-12(10)14/h2-7H,8H2,1H3,(H,17,18). The van der Waals surface area contributed by atoms with Gasteiger partial charge >= 0.3 is 0 Å². The fourth-order valence-electron chi connectivity index (χ4n) is 1.47. The molecule has 0 spiro atoms. The molecule has 2 heterocycles. The molecule has 0 radical (unpaired) electrons. The number of hydrogen-bond donors (Lipinski definition) is 1. The van der Waals surface area contributed by atoms with E-state index in [0.29, 0.717) is 5.88 Å². The third-order valence-corrected chi connectivity index (χ3v) is 2.46. The predicted molar refractivity (Wildman–Crippen MR) is 66.2 cm³/mol. The van der Waals surface area contributed by atoms with E-state index in [4.69, 9.17) is 4.74 Å². The van der Waals surface area contributed by atoms with E-state index in [0.717, 1.165) is 5.56 Å². The summed E-state index contributed by atoms with van der Waals surface area (Å²) in [5, 5.41) is 2.59. The summed E-state index contributed by atoms with van der Waals surface area (Å²) in [7, 11) is 1.52. The lowest BCUT2D eigenvalue weighted by molar-refractivity contribution is 0.0946. The van der Waals surface area contributed by atoms with Crippen LogP contribution in [0, 0.1) is 5.95 Å². The Morgan fingerprint density at radius 3 is 2.84 bits per heavy atom. The van der Waals surface area contributed by atoms with Crippen molar-refractivity contribution in [2.24, 2.45) is 0 Å². The van der Waals surface area contributed by atoms with E-state index in [9.17, 15) is 9.18 Å². The van der Waals surface area contributed by atoms with Crippen LogP contribution >= 0.6 is 0 Å². The highest BCUT2D eigenvalue weighted by atomic mass is 19.1. The number of halogens is 1. The molecular weight excluding hydrogens is 249 g/mol. The smallest absolute Gasteiger partial charge is 0.256 e. The van der Waals surface area contributed by atoms with Gasteiger partial charge in [-0.05, 0) is 17.7 Å². The molecule has 0 saturated heterocycles. The van der Waals surface area contributed by atoms with Gasteiger partial charge in [-0.3, -0.25) is 4.79 Å². The Morgan fingerprint density at radius 2 is 2.21 bits per heavy atom. The van der Waals surface area contributed by atoms with Crippen LogP contribution in [0.1, 0.15) is 15.9 Å². The summed E-state index contributed by atoms with van der Waals surface area (Å²) in [5.41, 5.74) is 0.711. The molecule has 98 valence electrons. The molecule has 0 aliphatic heterocycles. The number of carbonyl (C=O) groups is 1. The average molecular weight is 261 g/mol. The second-order valence-electron chi connectivity index (χ2n) is 3.73. The molecule has 0 fully saturated rings. The normalized spacial score (nSPS) is 10.0. The zero-order valence-electron chi connectivity index (χ0n) is 10.3.